The number of thioether (sulfide) groups is 1. The second kappa shape index (κ2) is 8.28. The minimum Gasteiger partial charge on any atom is -0.322 e. The van der Waals surface area contributed by atoms with Crippen LogP contribution in [0.2, 0.25) is 0 Å². The molecule has 4 nitrogen and oxygen atoms in total. The molecule has 0 aliphatic carbocycles. The number of aryl methyl sites for hydroxylation is 2. The summed E-state index contributed by atoms with van der Waals surface area (Å²) >= 11 is 0.365. The Bertz CT molecular complexity index is 1240. The highest BCUT2D eigenvalue weighted by molar-refractivity contribution is 7.99. The molecule has 0 aliphatic rings. The van der Waals surface area contributed by atoms with Gasteiger partial charge in [0.1, 0.15) is 5.65 Å². The molecule has 4 aromatic rings. The molecular weight excluding hydrogens is 404 g/mol. The third-order valence-corrected chi connectivity index (χ3v) is 5.60. The number of amides is 1. The quantitative estimate of drug-likeness (QED) is 0.390. The van der Waals surface area contributed by atoms with Crippen molar-refractivity contribution in [3.63, 3.8) is 0 Å². The van der Waals surface area contributed by atoms with Gasteiger partial charge in [-0.05, 0) is 49.2 Å². The second-order valence-electron chi connectivity index (χ2n) is 6.91. The molecule has 152 valence electrons. The van der Waals surface area contributed by atoms with Gasteiger partial charge in [0.2, 0.25) is 0 Å². The van der Waals surface area contributed by atoms with Crippen molar-refractivity contribution in [1.29, 1.82) is 0 Å². The standard InChI is InChI=1S/C23H19F2N3OS/c1-14-9-10-16(19-13-28-11-5-6-15(2)21(28)26-19)12-18(14)27-22(29)17-7-3-4-8-20(17)30-23(24)25/h3-13,23H,1-2H3,(H,27,29). The number of fused-ring (bicyclic) bond motifs is 1. The van der Waals surface area contributed by atoms with E-state index < -0.39 is 11.7 Å². The maximum Gasteiger partial charge on any atom is 0.288 e. The zero-order valence-corrected chi connectivity index (χ0v) is 17.2. The summed E-state index contributed by atoms with van der Waals surface area (Å²) in [5.41, 5.74) is 5.28. The van der Waals surface area contributed by atoms with Gasteiger partial charge in [0.05, 0.1) is 11.3 Å². The predicted octanol–water partition coefficient (Wildman–Crippen LogP) is 6.19. The van der Waals surface area contributed by atoms with Gasteiger partial charge in [-0.25, -0.2) is 4.98 Å². The van der Waals surface area contributed by atoms with Crippen LogP contribution >= 0.6 is 11.8 Å². The van der Waals surface area contributed by atoms with E-state index in [4.69, 9.17) is 4.98 Å². The summed E-state index contributed by atoms with van der Waals surface area (Å²) in [7, 11) is 0. The molecule has 2 aromatic carbocycles. The first-order valence-electron chi connectivity index (χ1n) is 9.33. The third kappa shape index (κ3) is 4.07. The van der Waals surface area contributed by atoms with Crippen LogP contribution in [0.15, 0.2) is 71.9 Å². The van der Waals surface area contributed by atoms with Crippen LogP contribution in [0.1, 0.15) is 21.5 Å². The van der Waals surface area contributed by atoms with Crippen LogP contribution in [0.5, 0.6) is 0 Å². The SMILES string of the molecule is Cc1ccc(-c2cn3cccc(C)c3n2)cc1NC(=O)c1ccccc1SC(F)F. The Morgan fingerprint density at radius 2 is 1.87 bits per heavy atom. The van der Waals surface area contributed by atoms with E-state index in [1.165, 1.54) is 6.07 Å². The summed E-state index contributed by atoms with van der Waals surface area (Å²) in [6.07, 6.45) is 3.88. The highest BCUT2D eigenvalue weighted by Crippen LogP contribution is 2.30. The van der Waals surface area contributed by atoms with Crippen LogP contribution in [-0.2, 0) is 0 Å². The molecular formula is C23H19F2N3OS. The summed E-state index contributed by atoms with van der Waals surface area (Å²) in [5.74, 6) is -3.02. The number of pyridine rings is 1. The summed E-state index contributed by atoms with van der Waals surface area (Å²) in [4.78, 5) is 17.8. The normalized spacial score (nSPS) is 11.2. The number of hydrogen-bond acceptors (Lipinski definition) is 3. The number of carbonyl (C=O) groups excluding carboxylic acids is 1. The number of aromatic nitrogens is 2. The Balaban J connectivity index is 1.66. The van der Waals surface area contributed by atoms with Crippen molar-refractivity contribution in [1.82, 2.24) is 9.38 Å². The van der Waals surface area contributed by atoms with Gasteiger partial charge in [0.15, 0.2) is 0 Å². The number of nitrogens with one attached hydrogen (secondary N) is 1. The molecule has 0 unspecified atom stereocenters. The molecule has 1 N–H and O–H groups in total. The van der Waals surface area contributed by atoms with Crippen LogP contribution in [0, 0.1) is 13.8 Å². The van der Waals surface area contributed by atoms with E-state index >= 15 is 0 Å². The molecule has 0 atom stereocenters. The van der Waals surface area contributed by atoms with Gasteiger partial charge in [-0.3, -0.25) is 4.79 Å². The van der Waals surface area contributed by atoms with E-state index in [1.807, 2.05) is 61.0 Å². The number of carbonyl (C=O) groups is 1. The average molecular weight is 423 g/mol. The molecule has 30 heavy (non-hydrogen) atoms. The number of anilines is 1. The minimum absolute atomic E-state index is 0.218. The lowest BCUT2D eigenvalue weighted by Gasteiger charge is -2.12. The van der Waals surface area contributed by atoms with Crippen molar-refractivity contribution < 1.29 is 13.6 Å². The van der Waals surface area contributed by atoms with Crippen molar-refractivity contribution in [3.05, 3.63) is 83.7 Å². The zero-order valence-electron chi connectivity index (χ0n) is 16.4. The first-order chi connectivity index (χ1) is 14.4. The second-order valence-corrected chi connectivity index (χ2v) is 7.94. The molecule has 0 radical (unpaired) electrons. The van der Waals surface area contributed by atoms with Crippen molar-refractivity contribution >= 4 is 29.0 Å². The summed E-state index contributed by atoms with van der Waals surface area (Å²) < 4.78 is 27.6. The predicted molar refractivity (Wildman–Crippen MR) is 116 cm³/mol. The fourth-order valence-corrected chi connectivity index (χ4v) is 3.89. The van der Waals surface area contributed by atoms with Gasteiger partial charge in [0, 0.05) is 28.5 Å². The molecule has 2 aromatic heterocycles. The molecule has 7 heteroatoms. The van der Waals surface area contributed by atoms with Gasteiger partial charge in [-0.1, -0.05) is 42.1 Å². The fourth-order valence-electron chi connectivity index (χ4n) is 3.25. The fraction of sp³-hybridized carbons (Fsp3) is 0.130. The van der Waals surface area contributed by atoms with E-state index in [1.54, 1.807) is 18.2 Å². The molecule has 4 rings (SSSR count). The van der Waals surface area contributed by atoms with Crippen LogP contribution in [0.4, 0.5) is 14.5 Å². The third-order valence-electron chi connectivity index (χ3n) is 4.81. The molecule has 0 aliphatic heterocycles. The Morgan fingerprint density at radius 3 is 2.63 bits per heavy atom. The first kappa shape index (κ1) is 20.1. The average Bonchev–Trinajstić information content (AvgIpc) is 3.15. The van der Waals surface area contributed by atoms with Crippen molar-refractivity contribution in [2.75, 3.05) is 5.32 Å². The van der Waals surface area contributed by atoms with Gasteiger partial charge >= 0.3 is 0 Å². The lowest BCUT2D eigenvalue weighted by atomic mass is 10.1. The van der Waals surface area contributed by atoms with Gasteiger partial charge in [0.25, 0.3) is 11.7 Å². The number of imidazole rings is 1. The van der Waals surface area contributed by atoms with Gasteiger partial charge < -0.3 is 9.72 Å². The van der Waals surface area contributed by atoms with Gasteiger partial charge in [-0.15, -0.1) is 0 Å². The van der Waals surface area contributed by atoms with Crippen LogP contribution in [0.3, 0.4) is 0 Å². The van der Waals surface area contributed by atoms with Gasteiger partial charge in [-0.2, -0.15) is 8.78 Å². The van der Waals surface area contributed by atoms with E-state index in [-0.39, 0.29) is 10.5 Å². The highest BCUT2D eigenvalue weighted by atomic mass is 32.2. The number of alkyl halides is 2. The largest absolute Gasteiger partial charge is 0.322 e. The van der Waals surface area contributed by atoms with E-state index in [9.17, 15) is 13.6 Å². The maximum absolute atomic E-state index is 12.8. The summed E-state index contributed by atoms with van der Waals surface area (Å²) in [6, 6.07) is 16.0. The van der Waals surface area contributed by atoms with Crippen LogP contribution in [-0.4, -0.2) is 21.0 Å². The zero-order chi connectivity index (χ0) is 21.3. The highest BCUT2D eigenvalue weighted by Gasteiger charge is 2.16. The molecule has 0 spiro atoms. The number of rotatable bonds is 5. The lowest BCUT2D eigenvalue weighted by Crippen LogP contribution is -2.14. The molecule has 1 amide bonds. The number of hydrogen-bond donors (Lipinski definition) is 1. The van der Waals surface area contributed by atoms with Crippen LogP contribution in [0.25, 0.3) is 16.9 Å². The molecule has 0 bridgehead atoms. The topological polar surface area (TPSA) is 46.4 Å². The molecule has 0 saturated carbocycles. The Kier molecular flexibility index (Phi) is 5.55. The first-order valence-corrected chi connectivity index (χ1v) is 10.2. The van der Waals surface area contributed by atoms with E-state index in [0.29, 0.717) is 17.4 Å². The summed E-state index contributed by atoms with van der Waals surface area (Å²) in [5, 5.41) is 2.86. The molecule has 0 saturated heterocycles. The Morgan fingerprint density at radius 1 is 1.07 bits per heavy atom. The van der Waals surface area contributed by atoms with E-state index in [2.05, 4.69) is 5.32 Å². The number of nitrogens with zero attached hydrogens (tertiary/aromatic N) is 2. The molecule has 2 heterocycles. The molecule has 0 fully saturated rings. The summed E-state index contributed by atoms with van der Waals surface area (Å²) in [6.45, 7) is 3.88. The van der Waals surface area contributed by atoms with Crippen molar-refractivity contribution in [2.45, 2.75) is 24.5 Å². The number of benzene rings is 2. The monoisotopic (exact) mass is 423 g/mol. The minimum atomic E-state index is -2.59. The lowest BCUT2D eigenvalue weighted by molar-refractivity contribution is 0.102. The maximum atomic E-state index is 12.8. The van der Waals surface area contributed by atoms with Crippen LogP contribution < -0.4 is 5.32 Å². The Labute approximate surface area is 177 Å². The Hall–Kier alpha value is -3.19. The van der Waals surface area contributed by atoms with Crippen molar-refractivity contribution in [3.8, 4) is 11.3 Å². The van der Waals surface area contributed by atoms with E-state index in [0.717, 1.165) is 28.0 Å². The number of halogens is 2. The smallest absolute Gasteiger partial charge is 0.288 e. The van der Waals surface area contributed by atoms with Crippen molar-refractivity contribution in [2.24, 2.45) is 0 Å².